The van der Waals surface area contributed by atoms with Crippen LogP contribution in [0.3, 0.4) is 0 Å². The fourth-order valence-corrected chi connectivity index (χ4v) is 2.37. The SMILES string of the molecule is CC1CCC(C(C)(C)OC(=O)CN)CC1. The summed E-state index contributed by atoms with van der Waals surface area (Å²) in [6, 6.07) is 0. The molecular weight excluding hydrogens is 190 g/mol. The van der Waals surface area contributed by atoms with Gasteiger partial charge in [-0.2, -0.15) is 0 Å². The summed E-state index contributed by atoms with van der Waals surface area (Å²) in [7, 11) is 0. The van der Waals surface area contributed by atoms with Crippen LogP contribution in [0, 0.1) is 11.8 Å². The van der Waals surface area contributed by atoms with Crippen LogP contribution in [0.15, 0.2) is 0 Å². The Morgan fingerprint density at radius 2 is 1.87 bits per heavy atom. The largest absolute Gasteiger partial charge is 0.458 e. The Morgan fingerprint density at radius 3 is 2.33 bits per heavy atom. The van der Waals surface area contributed by atoms with Crippen molar-refractivity contribution in [2.24, 2.45) is 17.6 Å². The van der Waals surface area contributed by atoms with E-state index in [4.69, 9.17) is 10.5 Å². The van der Waals surface area contributed by atoms with E-state index in [1.54, 1.807) is 0 Å². The monoisotopic (exact) mass is 213 g/mol. The fraction of sp³-hybridized carbons (Fsp3) is 0.917. The molecule has 0 aliphatic heterocycles. The summed E-state index contributed by atoms with van der Waals surface area (Å²) in [6.45, 7) is 6.27. The lowest BCUT2D eigenvalue weighted by atomic mass is 9.75. The third-order valence-corrected chi connectivity index (χ3v) is 3.54. The zero-order valence-corrected chi connectivity index (χ0v) is 10.1. The van der Waals surface area contributed by atoms with Gasteiger partial charge < -0.3 is 10.5 Å². The molecule has 0 saturated heterocycles. The Balaban J connectivity index is 2.49. The van der Waals surface area contributed by atoms with E-state index in [2.05, 4.69) is 6.92 Å². The van der Waals surface area contributed by atoms with Crippen LogP contribution in [-0.4, -0.2) is 18.1 Å². The molecule has 0 heterocycles. The van der Waals surface area contributed by atoms with E-state index < -0.39 is 0 Å². The van der Waals surface area contributed by atoms with E-state index in [0.717, 1.165) is 18.8 Å². The van der Waals surface area contributed by atoms with Gasteiger partial charge in [0.25, 0.3) is 0 Å². The average molecular weight is 213 g/mol. The molecular formula is C12H23NO2. The maximum atomic E-state index is 11.2. The smallest absolute Gasteiger partial charge is 0.320 e. The summed E-state index contributed by atoms with van der Waals surface area (Å²) in [6.07, 6.45) is 4.81. The summed E-state index contributed by atoms with van der Waals surface area (Å²) in [4.78, 5) is 11.2. The first-order chi connectivity index (χ1) is 6.95. The highest BCUT2D eigenvalue weighted by atomic mass is 16.6. The van der Waals surface area contributed by atoms with E-state index in [1.807, 2.05) is 13.8 Å². The lowest BCUT2D eigenvalue weighted by molar-refractivity contribution is -0.161. The van der Waals surface area contributed by atoms with Crippen LogP contribution in [0.1, 0.15) is 46.5 Å². The third-order valence-electron chi connectivity index (χ3n) is 3.54. The van der Waals surface area contributed by atoms with Crippen LogP contribution >= 0.6 is 0 Å². The maximum absolute atomic E-state index is 11.2. The number of carbonyl (C=O) groups excluding carboxylic acids is 1. The Hall–Kier alpha value is -0.570. The van der Waals surface area contributed by atoms with Gasteiger partial charge in [-0.1, -0.05) is 19.8 Å². The molecule has 1 saturated carbocycles. The molecule has 2 N–H and O–H groups in total. The second-order valence-electron chi connectivity index (χ2n) is 5.24. The second kappa shape index (κ2) is 4.97. The highest BCUT2D eigenvalue weighted by molar-refractivity contribution is 5.71. The predicted octanol–water partition coefficient (Wildman–Crippen LogP) is 2.09. The summed E-state index contributed by atoms with van der Waals surface area (Å²) in [5.41, 5.74) is 4.91. The molecule has 0 bridgehead atoms. The minimum atomic E-state index is -0.351. The summed E-state index contributed by atoms with van der Waals surface area (Å²) >= 11 is 0. The lowest BCUT2D eigenvalue weighted by Gasteiger charge is -2.38. The number of carbonyl (C=O) groups is 1. The molecule has 15 heavy (non-hydrogen) atoms. The van der Waals surface area contributed by atoms with Crippen molar-refractivity contribution < 1.29 is 9.53 Å². The quantitative estimate of drug-likeness (QED) is 0.730. The average Bonchev–Trinajstić information content (AvgIpc) is 2.17. The number of rotatable bonds is 3. The molecule has 0 spiro atoms. The van der Waals surface area contributed by atoms with E-state index in [0.29, 0.717) is 5.92 Å². The number of esters is 1. The Bertz CT molecular complexity index is 218. The normalized spacial score (nSPS) is 27.5. The predicted molar refractivity (Wildman–Crippen MR) is 60.3 cm³/mol. The van der Waals surface area contributed by atoms with Crippen molar-refractivity contribution in [1.29, 1.82) is 0 Å². The van der Waals surface area contributed by atoms with Gasteiger partial charge >= 0.3 is 5.97 Å². The van der Waals surface area contributed by atoms with E-state index >= 15 is 0 Å². The van der Waals surface area contributed by atoms with E-state index in [1.165, 1.54) is 12.8 Å². The van der Waals surface area contributed by atoms with Gasteiger partial charge in [-0.3, -0.25) is 4.79 Å². The van der Waals surface area contributed by atoms with Gasteiger partial charge in [-0.15, -0.1) is 0 Å². The molecule has 3 heteroatoms. The van der Waals surface area contributed by atoms with Gasteiger partial charge in [-0.05, 0) is 38.5 Å². The van der Waals surface area contributed by atoms with Crippen molar-refractivity contribution in [2.75, 3.05) is 6.54 Å². The van der Waals surface area contributed by atoms with Gasteiger partial charge in [0.2, 0.25) is 0 Å². The van der Waals surface area contributed by atoms with Gasteiger partial charge in [0, 0.05) is 0 Å². The molecule has 1 aliphatic rings. The van der Waals surface area contributed by atoms with Crippen molar-refractivity contribution in [2.45, 2.75) is 52.1 Å². The number of nitrogens with two attached hydrogens (primary N) is 1. The number of hydrogen-bond donors (Lipinski definition) is 1. The Morgan fingerprint density at radius 1 is 1.33 bits per heavy atom. The maximum Gasteiger partial charge on any atom is 0.320 e. The summed E-state index contributed by atoms with van der Waals surface area (Å²) in [5.74, 6) is 1.02. The standard InChI is InChI=1S/C12H23NO2/c1-9-4-6-10(7-5-9)12(2,3)15-11(14)8-13/h9-10H,4-8,13H2,1-3H3. The molecule has 88 valence electrons. The zero-order valence-electron chi connectivity index (χ0n) is 10.1. The molecule has 0 unspecified atom stereocenters. The highest BCUT2D eigenvalue weighted by Crippen LogP contribution is 2.36. The minimum absolute atomic E-state index is 0.0213. The second-order valence-corrected chi connectivity index (χ2v) is 5.24. The van der Waals surface area contributed by atoms with Crippen molar-refractivity contribution in [3.63, 3.8) is 0 Å². The topological polar surface area (TPSA) is 52.3 Å². The van der Waals surface area contributed by atoms with Gasteiger partial charge in [0.15, 0.2) is 0 Å². The van der Waals surface area contributed by atoms with Gasteiger partial charge in [-0.25, -0.2) is 0 Å². The Labute approximate surface area is 92.4 Å². The molecule has 0 radical (unpaired) electrons. The number of hydrogen-bond acceptors (Lipinski definition) is 3. The molecule has 1 rings (SSSR count). The molecule has 0 atom stereocenters. The fourth-order valence-electron chi connectivity index (χ4n) is 2.37. The van der Waals surface area contributed by atoms with Gasteiger partial charge in [0.05, 0.1) is 6.54 Å². The molecule has 0 aromatic rings. The molecule has 1 fully saturated rings. The molecule has 1 aliphatic carbocycles. The Kier molecular flexibility index (Phi) is 4.14. The van der Waals surface area contributed by atoms with Crippen molar-refractivity contribution in [3.05, 3.63) is 0 Å². The van der Waals surface area contributed by atoms with Crippen LogP contribution < -0.4 is 5.73 Å². The molecule has 0 amide bonds. The number of ether oxygens (including phenoxy) is 1. The first kappa shape index (κ1) is 12.5. The molecule has 0 aromatic heterocycles. The summed E-state index contributed by atoms with van der Waals surface area (Å²) < 4.78 is 5.40. The minimum Gasteiger partial charge on any atom is -0.458 e. The molecule has 3 nitrogen and oxygen atoms in total. The highest BCUT2D eigenvalue weighted by Gasteiger charge is 2.34. The van der Waals surface area contributed by atoms with Crippen molar-refractivity contribution >= 4 is 5.97 Å². The third kappa shape index (κ3) is 3.49. The first-order valence-electron chi connectivity index (χ1n) is 5.87. The van der Waals surface area contributed by atoms with Crippen LogP contribution in [0.5, 0.6) is 0 Å². The van der Waals surface area contributed by atoms with E-state index in [-0.39, 0.29) is 18.1 Å². The van der Waals surface area contributed by atoms with Crippen molar-refractivity contribution in [3.8, 4) is 0 Å². The zero-order chi connectivity index (χ0) is 11.5. The molecule has 0 aromatic carbocycles. The summed E-state index contributed by atoms with van der Waals surface area (Å²) in [5, 5.41) is 0. The van der Waals surface area contributed by atoms with Crippen LogP contribution in [0.4, 0.5) is 0 Å². The first-order valence-corrected chi connectivity index (χ1v) is 5.87. The van der Waals surface area contributed by atoms with Crippen LogP contribution in [0.25, 0.3) is 0 Å². The van der Waals surface area contributed by atoms with Crippen LogP contribution in [-0.2, 0) is 9.53 Å². The lowest BCUT2D eigenvalue weighted by Crippen LogP contribution is -2.40. The van der Waals surface area contributed by atoms with Crippen molar-refractivity contribution in [1.82, 2.24) is 0 Å². The van der Waals surface area contributed by atoms with Crippen LogP contribution in [0.2, 0.25) is 0 Å². The van der Waals surface area contributed by atoms with Gasteiger partial charge in [0.1, 0.15) is 5.60 Å². The van der Waals surface area contributed by atoms with E-state index in [9.17, 15) is 4.79 Å².